The number of alkyl halides is 3. The van der Waals surface area contributed by atoms with Gasteiger partial charge < -0.3 is 24.0 Å². The number of halogens is 5. The van der Waals surface area contributed by atoms with E-state index >= 15 is 0 Å². The van der Waals surface area contributed by atoms with Crippen molar-refractivity contribution in [1.29, 1.82) is 0 Å². The molecule has 0 aliphatic carbocycles. The molecule has 44 heavy (non-hydrogen) atoms. The molecule has 1 N–H and O–H groups in total. The van der Waals surface area contributed by atoms with Crippen molar-refractivity contribution in [1.82, 2.24) is 25.0 Å². The summed E-state index contributed by atoms with van der Waals surface area (Å²) in [5.41, 5.74) is 1.81. The number of methoxy groups -OCH3 is 1. The van der Waals surface area contributed by atoms with Crippen LogP contribution in [0.3, 0.4) is 0 Å². The van der Waals surface area contributed by atoms with E-state index in [1.54, 1.807) is 38.4 Å². The third kappa shape index (κ3) is 6.15. The molecule has 2 atom stereocenters. The summed E-state index contributed by atoms with van der Waals surface area (Å²) in [6.45, 7) is 5.13. The standard InChI is InChI=1S/C31H32ClF4N5O3/c1-30(24-9-7-21(32)16-25(24)33)43-26-5-3-4-23(27(26)44-30)19-10-12-40(13-11-19)18-22-8-6-20(17-41(22)14-15-42-2)28-37-29(39-38-28)31(34,35)36/h3-9,16-17,19,22H,10-15,18H2,1-2H3,(H,37,38,39)/t22?,30-/m0/s1. The van der Waals surface area contributed by atoms with Crippen molar-refractivity contribution in [2.24, 2.45) is 0 Å². The fourth-order valence-corrected chi connectivity index (χ4v) is 6.17. The van der Waals surface area contributed by atoms with Crippen LogP contribution in [0.2, 0.25) is 5.02 Å². The van der Waals surface area contributed by atoms with Gasteiger partial charge in [0.25, 0.3) is 5.79 Å². The highest BCUT2D eigenvalue weighted by Crippen LogP contribution is 2.49. The van der Waals surface area contributed by atoms with Crippen molar-refractivity contribution in [3.8, 4) is 11.5 Å². The SMILES string of the molecule is COCCN1C=C(c2n[nH]c(C(F)(F)F)n2)C=CC1CN1CCC(c2cccc3c2O[C@@](C)(c2ccc(Cl)cc2F)O3)CC1. The maximum atomic E-state index is 14.8. The Morgan fingerprint density at radius 2 is 1.95 bits per heavy atom. The lowest BCUT2D eigenvalue weighted by Gasteiger charge is -2.38. The van der Waals surface area contributed by atoms with Gasteiger partial charge in [0.05, 0.1) is 18.2 Å². The third-order valence-corrected chi connectivity index (χ3v) is 8.53. The predicted molar refractivity (Wildman–Crippen MR) is 156 cm³/mol. The van der Waals surface area contributed by atoms with Crippen LogP contribution < -0.4 is 9.47 Å². The van der Waals surface area contributed by atoms with Crippen molar-refractivity contribution in [2.45, 2.75) is 43.7 Å². The zero-order chi connectivity index (χ0) is 31.1. The number of allylic oxidation sites excluding steroid dienone is 2. The van der Waals surface area contributed by atoms with Crippen LogP contribution in [0.1, 0.15) is 48.5 Å². The van der Waals surface area contributed by atoms with Gasteiger partial charge in [-0.25, -0.2) is 9.37 Å². The van der Waals surface area contributed by atoms with E-state index in [0.29, 0.717) is 35.2 Å². The van der Waals surface area contributed by atoms with Crippen LogP contribution in [-0.2, 0) is 16.7 Å². The van der Waals surface area contributed by atoms with E-state index in [0.717, 1.165) is 38.0 Å². The van der Waals surface area contributed by atoms with E-state index < -0.39 is 23.6 Å². The topological polar surface area (TPSA) is 75.7 Å². The molecule has 0 radical (unpaired) electrons. The average Bonchev–Trinajstić information content (AvgIpc) is 3.62. The van der Waals surface area contributed by atoms with Crippen molar-refractivity contribution >= 4 is 17.2 Å². The molecule has 6 rings (SSSR count). The number of ether oxygens (including phenoxy) is 3. The van der Waals surface area contributed by atoms with Crippen LogP contribution >= 0.6 is 11.6 Å². The minimum absolute atomic E-state index is 0.000774. The maximum Gasteiger partial charge on any atom is 0.451 e. The smallest absolute Gasteiger partial charge is 0.444 e. The summed E-state index contributed by atoms with van der Waals surface area (Å²) in [6, 6.07) is 10.3. The van der Waals surface area contributed by atoms with E-state index in [9.17, 15) is 17.6 Å². The molecule has 3 aromatic rings. The molecule has 2 aromatic carbocycles. The molecular weight excluding hydrogens is 602 g/mol. The Morgan fingerprint density at radius 1 is 1.16 bits per heavy atom. The molecule has 3 aliphatic heterocycles. The average molecular weight is 634 g/mol. The lowest BCUT2D eigenvalue weighted by atomic mass is 9.88. The summed E-state index contributed by atoms with van der Waals surface area (Å²) in [7, 11) is 1.61. The zero-order valence-electron chi connectivity index (χ0n) is 24.2. The van der Waals surface area contributed by atoms with E-state index in [1.165, 1.54) is 6.07 Å². The Morgan fingerprint density at radius 3 is 2.66 bits per heavy atom. The van der Waals surface area contributed by atoms with Crippen LogP contribution in [0.15, 0.2) is 54.8 Å². The van der Waals surface area contributed by atoms with Crippen molar-refractivity contribution in [2.75, 3.05) is 39.9 Å². The van der Waals surface area contributed by atoms with Crippen molar-refractivity contribution in [3.63, 3.8) is 0 Å². The van der Waals surface area contributed by atoms with Gasteiger partial charge >= 0.3 is 6.18 Å². The van der Waals surface area contributed by atoms with E-state index in [1.807, 2.05) is 29.4 Å². The number of para-hydroxylation sites is 1. The summed E-state index contributed by atoms with van der Waals surface area (Å²) >= 11 is 5.95. The van der Waals surface area contributed by atoms with Gasteiger partial charge in [0.1, 0.15) is 5.82 Å². The minimum Gasteiger partial charge on any atom is -0.444 e. The molecule has 0 saturated carbocycles. The first kappa shape index (κ1) is 30.4. The van der Waals surface area contributed by atoms with Gasteiger partial charge in [0.2, 0.25) is 5.82 Å². The highest BCUT2D eigenvalue weighted by molar-refractivity contribution is 6.30. The van der Waals surface area contributed by atoms with E-state index in [4.69, 9.17) is 25.8 Å². The highest BCUT2D eigenvalue weighted by atomic mass is 35.5. The number of piperidine rings is 1. The number of fused-ring (bicyclic) bond motifs is 1. The monoisotopic (exact) mass is 633 g/mol. The number of hydrogen-bond donors (Lipinski definition) is 1. The number of nitrogens with zero attached hydrogens (tertiary/aromatic N) is 4. The number of H-pyrrole nitrogens is 1. The second kappa shape index (κ2) is 12.1. The molecular formula is C31H32ClF4N5O3. The molecule has 8 nitrogen and oxygen atoms in total. The normalized spacial score (nSPS) is 22.5. The fraction of sp³-hybridized carbons (Fsp3) is 0.419. The quantitative estimate of drug-likeness (QED) is 0.289. The second-order valence-electron chi connectivity index (χ2n) is 11.3. The number of likely N-dealkylation sites (tertiary alicyclic amines) is 1. The first-order chi connectivity index (χ1) is 21.0. The van der Waals surface area contributed by atoms with Crippen LogP contribution in [-0.4, -0.2) is 70.9 Å². The predicted octanol–water partition coefficient (Wildman–Crippen LogP) is 6.37. The number of benzene rings is 2. The lowest BCUT2D eigenvalue weighted by Crippen LogP contribution is -2.45. The molecule has 1 fully saturated rings. The van der Waals surface area contributed by atoms with Crippen LogP contribution in [0.4, 0.5) is 17.6 Å². The Bertz CT molecular complexity index is 1570. The summed E-state index contributed by atoms with van der Waals surface area (Å²) in [5.74, 6) is -1.48. The molecule has 1 aromatic heterocycles. The third-order valence-electron chi connectivity index (χ3n) is 8.30. The van der Waals surface area contributed by atoms with Gasteiger partial charge in [0, 0.05) is 49.5 Å². The largest absolute Gasteiger partial charge is 0.451 e. The van der Waals surface area contributed by atoms with Crippen LogP contribution in [0.5, 0.6) is 11.5 Å². The lowest BCUT2D eigenvalue weighted by molar-refractivity contribution is -0.144. The molecule has 234 valence electrons. The fourth-order valence-electron chi connectivity index (χ4n) is 6.01. The summed E-state index contributed by atoms with van der Waals surface area (Å²) in [5, 5.41) is 6.05. The van der Waals surface area contributed by atoms with Gasteiger partial charge in [0.15, 0.2) is 17.3 Å². The Balaban J connectivity index is 1.11. The number of nitrogens with one attached hydrogen (secondary N) is 1. The van der Waals surface area contributed by atoms with E-state index in [-0.39, 0.29) is 23.3 Å². The van der Waals surface area contributed by atoms with Crippen molar-refractivity contribution in [3.05, 3.63) is 88.4 Å². The highest BCUT2D eigenvalue weighted by Gasteiger charge is 2.43. The first-order valence-corrected chi connectivity index (χ1v) is 14.8. The van der Waals surface area contributed by atoms with E-state index in [2.05, 4.69) is 19.9 Å². The molecule has 1 saturated heterocycles. The van der Waals surface area contributed by atoms with Gasteiger partial charge in [-0.15, -0.1) is 0 Å². The van der Waals surface area contributed by atoms with Gasteiger partial charge in [-0.1, -0.05) is 35.9 Å². The summed E-state index contributed by atoms with van der Waals surface area (Å²) in [6.07, 6.45) is 2.73. The molecule has 0 spiro atoms. The Kier molecular flexibility index (Phi) is 8.33. The molecule has 13 heteroatoms. The van der Waals surface area contributed by atoms with Crippen LogP contribution in [0.25, 0.3) is 5.57 Å². The molecule has 4 heterocycles. The number of hydrogen-bond acceptors (Lipinski definition) is 7. The number of aromatic nitrogens is 3. The first-order valence-electron chi connectivity index (χ1n) is 14.4. The zero-order valence-corrected chi connectivity index (χ0v) is 25.0. The maximum absolute atomic E-state index is 14.8. The van der Waals surface area contributed by atoms with Crippen LogP contribution in [0, 0.1) is 5.82 Å². The number of rotatable bonds is 8. The molecule has 1 unspecified atom stereocenters. The summed E-state index contributed by atoms with van der Waals surface area (Å²) < 4.78 is 71.6. The molecule has 3 aliphatic rings. The van der Waals surface area contributed by atoms with Gasteiger partial charge in [-0.3, -0.25) is 5.10 Å². The summed E-state index contributed by atoms with van der Waals surface area (Å²) in [4.78, 5) is 8.07. The van der Waals surface area contributed by atoms with Crippen molar-refractivity contribution < 1.29 is 31.8 Å². The second-order valence-corrected chi connectivity index (χ2v) is 11.7. The minimum atomic E-state index is -4.60. The molecule has 0 bridgehead atoms. The van der Waals surface area contributed by atoms with Gasteiger partial charge in [-0.2, -0.15) is 18.3 Å². The Hall–Kier alpha value is -3.61. The number of aromatic amines is 1. The van der Waals surface area contributed by atoms with Gasteiger partial charge in [-0.05, 0) is 56.1 Å². The molecule has 0 amide bonds. The Labute approximate surface area is 257 Å².